The van der Waals surface area contributed by atoms with Gasteiger partial charge in [0.1, 0.15) is 4.88 Å². The van der Waals surface area contributed by atoms with Gasteiger partial charge in [0.25, 0.3) is 0 Å². The Morgan fingerprint density at radius 2 is 2.12 bits per heavy atom. The van der Waals surface area contributed by atoms with Gasteiger partial charge in [-0.3, -0.25) is 0 Å². The molecule has 2 nitrogen and oxygen atoms in total. The maximum atomic E-state index is 11.9. The van der Waals surface area contributed by atoms with Crippen LogP contribution < -0.4 is 0 Å². The van der Waals surface area contributed by atoms with Crippen molar-refractivity contribution in [3.8, 4) is 0 Å². The van der Waals surface area contributed by atoms with Crippen molar-refractivity contribution < 1.29 is 9.53 Å². The van der Waals surface area contributed by atoms with Crippen molar-refractivity contribution in [2.75, 3.05) is 6.61 Å². The van der Waals surface area contributed by atoms with E-state index in [1.165, 1.54) is 47.3 Å². The molecule has 0 N–H and O–H groups in total. The fourth-order valence-electron chi connectivity index (χ4n) is 3.30. The molecule has 0 bridgehead atoms. The third kappa shape index (κ3) is 5.43. The number of hydrogen-bond acceptors (Lipinski definition) is 3. The van der Waals surface area contributed by atoms with E-state index in [1.807, 2.05) is 19.1 Å². The normalized spacial score (nSPS) is 18.0. The molecule has 0 fully saturated rings. The number of carbonyl (C=O) groups is 1. The largest absolute Gasteiger partial charge is 0.462 e. The Kier molecular flexibility index (Phi) is 6.83. The van der Waals surface area contributed by atoms with Crippen LogP contribution in [0.4, 0.5) is 0 Å². The number of allylic oxidation sites excluding steroid dienone is 5. The van der Waals surface area contributed by atoms with Crippen LogP contribution in [0.25, 0.3) is 6.08 Å². The second-order valence-electron chi connectivity index (χ2n) is 7.49. The Bertz CT molecular complexity index is 701. The van der Waals surface area contributed by atoms with Gasteiger partial charge in [-0.25, -0.2) is 4.79 Å². The van der Waals surface area contributed by atoms with Crippen molar-refractivity contribution in [2.24, 2.45) is 5.41 Å². The molecular weight excluding hydrogens is 328 g/mol. The second-order valence-corrected chi connectivity index (χ2v) is 8.61. The standard InChI is InChI=1S/C22H30O2S/c1-6-14-24-21(23)20-12-10-18(25-20)15-16(2)9-11-19-17(3)8-7-13-22(19,4)5/h9-12,15H,6-8,13-14H2,1-5H3/b11-9+,16-15+. The van der Waals surface area contributed by atoms with Crippen LogP contribution in [-0.4, -0.2) is 12.6 Å². The molecule has 0 atom stereocenters. The topological polar surface area (TPSA) is 26.3 Å². The number of esters is 1. The van der Waals surface area contributed by atoms with Crippen molar-refractivity contribution in [3.63, 3.8) is 0 Å². The zero-order valence-electron chi connectivity index (χ0n) is 16.1. The summed E-state index contributed by atoms with van der Waals surface area (Å²) < 4.78 is 5.19. The van der Waals surface area contributed by atoms with Crippen molar-refractivity contribution >= 4 is 23.4 Å². The lowest BCUT2D eigenvalue weighted by atomic mass is 9.72. The molecule has 0 aliphatic heterocycles. The molecule has 136 valence electrons. The lowest BCUT2D eigenvalue weighted by Gasteiger charge is -2.32. The van der Waals surface area contributed by atoms with E-state index >= 15 is 0 Å². The fourth-order valence-corrected chi connectivity index (χ4v) is 4.22. The summed E-state index contributed by atoms with van der Waals surface area (Å²) >= 11 is 1.48. The minimum absolute atomic E-state index is 0.218. The van der Waals surface area contributed by atoms with Gasteiger partial charge in [-0.15, -0.1) is 11.3 Å². The molecule has 0 unspecified atom stereocenters. The molecule has 0 amide bonds. The lowest BCUT2D eigenvalue weighted by molar-refractivity contribution is 0.0511. The lowest BCUT2D eigenvalue weighted by Crippen LogP contribution is -2.19. The molecule has 1 aromatic heterocycles. The molecule has 1 aromatic rings. The first-order valence-electron chi connectivity index (χ1n) is 9.17. The van der Waals surface area contributed by atoms with E-state index in [2.05, 4.69) is 45.9 Å². The van der Waals surface area contributed by atoms with Crippen molar-refractivity contribution in [3.05, 3.63) is 50.8 Å². The fraction of sp³-hybridized carbons (Fsp3) is 0.500. The summed E-state index contributed by atoms with van der Waals surface area (Å²) in [6, 6.07) is 3.84. The van der Waals surface area contributed by atoms with Gasteiger partial charge in [0, 0.05) is 4.88 Å². The maximum Gasteiger partial charge on any atom is 0.348 e. The SMILES string of the molecule is CCCOC(=O)c1ccc(/C=C(C)/C=C/C2=C(C)CCCC2(C)C)s1. The van der Waals surface area contributed by atoms with Crippen molar-refractivity contribution in [1.82, 2.24) is 0 Å². The summed E-state index contributed by atoms with van der Waals surface area (Å²) in [5.74, 6) is -0.218. The minimum Gasteiger partial charge on any atom is -0.462 e. The zero-order valence-corrected chi connectivity index (χ0v) is 17.0. The number of hydrogen-bond donors (Lipinski definition) is 0. The van der Waals surface area contributed by atoms with Crippen LogP contribution >= 0.6 is 11.3 Å². The molecule has 0 saturated heterocycles. The first-order valence-corrected chi connectivity index (χ1v) is 9.98. The van der Waals surface area contributed by atoms with Crippen molar-refractivity contribution in [1.29, 1.82) is 0 Å². The molecule has 25 heavy (non-hydrogen) atoms. The number of carbonyl (C=O) groups excluding carboxylic acids is 1. The van der Waals surface area contributed by atoms with Gasteiger partial charge < -0.3 is 4.74 Å². The maximum absolute atomic E-state index is 11.9. The zero-order chi connectivity index (χ0) is 18.4. The molecule has 3 heteroatoms. The molecule has 0 radical (unpaired) electrons. The van der Waals surface area contributed by atoms with E-state index in [9.17, 15) is 4.79 Å². The molecule has 0 aromatic carbocycles. The third-order valence-electron chi connectivity index (χ3n) is 4.69. The third-order valence-corrected chi connectivity index (χ3v) is 5.70. The van der Waals surface area contributed by atoms with Crippen LogP contribution in [0.5, 0.6) is 0 Å². The summed E-state index contributed by atoms with van der Waals surface area (Å²) in [5.41, 5.74) is 4.44. The van der Waals surface area contributed by atoms with E-state index in [0.29, 0.717) is 11.5 Å². The van der Waals surface area contributed by atoms with Crippen LogP contribution in [0.2, 0.25) is 0 Å². The van der Waals surface area contributed by atoms with Crippen LogP contribution in [0, 0.1) is 5.41 Å². The predicted molar refractivity (Wildman–Crippen MR) is 108 cm³/mol. The van der Waals surface area contributed by atoms with Gasteiger partial charge in [-0.05, 0) is 74.3 Å². The molecule has 0 saturated carbocycles. The van der Waals surface area contributed by atoms with E-state index in [1.54, 1.807) is 0 Å². The van der Waals surface area contributed by atoms with Gasteiger partial charge >= 0.3 is 5.97 Å². The quantitative estimate of drug-likeness (QED) is 0.413. The molecule has 1 aliphatic rings. The summed E-state index contributed by atoms with van der Waals surface area (Å²) in [7, 11) is 0. The first kappa shape index (κ1) is 19.7. The van der Waals surface area contributed by atoms with E-state index in [-0.39, 0.29) is 11.4 Å². The van der Waals surface area contributed by atoms with Gasteiger partial charge in [-0.1, -0.05) is 38.5 Å². The van der Waals surface area contributed by atoms with Crippen LogP contribution in [0.1, 0.15) is 74.9 Å². The highest BCUT2D eigenvalue weighted by molar-refractivity contribution is 7.14. The average molecular weight is 359 g/mol. The number of rotatable bonds is 6. The van der Waals surface area contributed by atoms with E-state index in [4.69, 9.17) is 4.74 Å². The Hall–Kier alpha value is -1.61. The Balaban J connectivity index is 2.09. The van der Waals surface area contributed by atoms with E-state index < -0.39 is 0 Å². The Morgan fingerprint density at radius 3 is 2.80 bits per heavy atom. The summed E-state index contributed by atoms with van der Waals surface area (Å²) in [5, 5.41) is 0. The van der Waals surface area contributed by atoms with Gasteiger partial charge in [0.05, 0.1) is 6.61 Å². The molecule has 1 heterocycles. The van der Waals surface area contributed by atoms with Crippen LogP contribution in [-0.2, 0) is 4.74 Å². The molecule has 1 aliphatic carbocycles. The number of ether oxygens (including phenoxy) is 1. The summed E-state index contributed by atoms with van der Waals surface area (Å²) in [6.45, 7) is 11.5. The monoisotopic (exact) mass is 358 g/mol. The van der Waals surface area contributed by atoms with Gasteiger partial charge in [0.15, 0.2) is 0 Å². The molecule has 0 spiro atoms. The Morgan fingerprint density at radius 1 is 1.36 bits per heavy atom. The molecular formula is C22H30O2S. The summed E-state index contributed by atoms with van der Waals surface area (Å²) in [6.07, 6.45) is 11.2. The predicted octanol–water partition coefficient (Wildman–Crippen LogP) is 6.80. The minimum atomic E-state index is -0.218. The van der Waals surface area contributed by atoms with Crippen LogP contribution in [0.15, 0.2) is 41.0 Å². The molecule has 2 rings (SSSR count). The smallest absolute Gasteiger partial charge is 0.348 e. The highest BCUT2D eigenvalue weighted by Crippen LogP contribution is 2.40. The summed E-state index contributed by atoms with van der Waals surface area (Å²) in [4.78, 5) is 13.6. The highest BCUT2D eigenvalue weighted by atomic mass is 32.1. The van der Waals surface area contributed by atoms with E-state index in [0.717, 1.165) is 11.3 Å². The van der Waals surface area contributed by atoms with Crippen molar-refractivity contribution in [2.45, 2.75) is 60.3 Å². The highest BCUT2D eigenvalue weighted by Gasteiger charge is 2.26. The van der Waals surface area contributed by atoms with Crippen LogP contribution in [0.3, 0.4) is 0 Å². The Labute approximate surface area is 156 Å². The van der Waals surface area contributed by atoms with Gasteiger partial charge in [0.2, 0.25) is 0 Å². The first-order chi connectivity index (χ1) is 11.8. The average Bonchev–Trinajstić information content (AvgIpc) is 3.00. The number of thiophene rings is 1. The van der Waals surface area contributed by atoms with Gasteiger partial charge in [-0.2, -0.15) is 0 Å². The second kappa shape index (κ2) is 8.66.